The van der Waals surface area contributed by atoms with E-state index < -0.39 is 5.97 Å². The van der Waals surface area contributed by atoms with Crippen LogP contribution in [-0.4, -0.2) is 11.1 Å². The second-order valence-corrected chi connectivity index (χ2v) is 4.25. The third-order valence-electron chi connectivity index (χ3n) is 1.41. The number of hydrogen-bond donors (Lipinski definition) is 1. The van der Waals surface area contributed by atoms with E-state index in [0.29, 0.717) is 13.6 Å². The Kier molecular flexibility index (Phi) is 3.27. The van der Waals surface area contributed by atoms with E-state index in [1.807, 2.05) is 28.7 Å². The van der Waals surface area contributed by atoms with Crippen molar-refractivity contribution < 1.29 is 9.90 Å². The van der Waals surface area contributed by atoms with Gasteiger partial charge in [-0.1, -0.05) is 0 Å². The second-order valence-electron chi connectivity index (χ2n) is 2.23. The fraction of sp³-hybridized carbons (Fsp3) is 0. The Balaban J connectivity index is 3.41. The fourth-order valence-electron chi connectivity index (χ4n) is 0.799. The lowest BCUT2D eigenvalue weighted by Gasteiger charge is -2.01. The molecule has 0 fully saturated rings. The maximum atomic E-state index is 10.7. The van der Waals surface area contributed by atoms with E-state index in [4.69, 9.17) is 10.4 Å². The number of hydrogen-bond acceptors (Lipinski definition) is 2. The van der Waals surface area contributed by atoms with Gasteiger partial charge in [0.15, 0.2) is 0 Å². The molecule has 0 spiro atoms. The van der Waals surface area contributed by atoms with Crippen LogP contribution in [0.5, 0.6) is 0 Å². The predicted molar refractivity (Wildman–Crippen MR) is 58.5 cm³/mol. The molecule has 3 nitrogen and oxygen atoms in total. The SMILES string of the molecule is N#Cc1cc(C(=O)O)c(I)cc1Br. The van der Waals surface area contributed by atoms with E-state index in [0.717, 1.165) is 0 Å². The Bertz CT molecular complexity index is 411. The first-order chi connectivity index (χ1) is 6.06. The molecule has 0 atom stereocenters. The van der Waals surface area contributed by atoms with Crippen molar-refractivity contribution in [1.29, 1.82) is 5.26 Å². The molecule has 1 N–H and O–H groups in total. The number of carboxylic acid groups (broad SMARTS) is 1. The third kappa shape index (κ3) is 2.19. The average Bonchev–Trinajstić information content (AvgIpc) is 2.03. The van der Waals surface area contributed by atoms with Crippen molar-refractivity contribution in [3.05, 3.63) is 31.3 Å². The molecule has 0 aliphatic rings. The van der Waals surface area contributed by atoms with Gasteiger partial charge in [0.05, 0.1) is 11.1 Å². The molecule has 0 aromatic heterocycles. The average molecular weight is 352 g/mol. The Morgan fingerprint density at radius 3 is 2.69 bits per heavy atom. The summed E-state index contributed by atoms with van der Waals surface area (Å²) in [4.78, 5) is 10.7. The summed E-state index contributed by atoms with van der Waals surface area (Å²) in [5, 5.41) is 17.4. The van der Waals surface area contributed by atoms with Crippen molar-refractivity contribution in [2.45, 2.75) is 0 Å². The molecule has 0 saturated heterocycles. The molecule has 0 amide bonds. The number of halogens is 2. The van der Waals surface area contributed by atoms with Gasteiger partial charge >= 0.3 is 5.97 Å². The maximum absolute atomic E-state index is 10.7. The second kappa shape index (κ2) is 4.07. The minimum absolute atomic E-state index is 0.153. The molecule has 0 saturated carbocycles. The van der Waals surface area contributed by atoms with Gasteiger partial charge in [-0.05, 0) is 50.7 Å². The van der Waals surface area contributed by atoms with E-state index in [1.54, 1.807) is 6.07 Å². The zero-order chi connectivity index (χ0) is 10.0. The predicted octanol–water partition coefficient (Wildman–Crippen LogP) is 2.62. The van der Waals surface area contributed by atoms with E-state index in [2.05, 4.69) is 15.9 Å². The van der Waals surface area contributed by atoms with Crippen LogP contribution in [0.2, 0.25) is 0 Å². The first-order valence-electron chi connectivity index (χ1n) is 3.18. The van der Waals surface area contributed by atoms with E-state index in [1.165, 1.54) is 6.07 Å². The summed E-state index contributed by atoms with van der Waals surface area (Å²) in [6.07, 6.45) is 0. The van der Waals surface area contributed by atoms with Gasteiger partial charge in [0.25, 0.3) is 0 Å². The number of carbonyl (C=O) groups is 1. The molecule has 0 aliphatic carbocycles. The summed E-state index contributed by atoms with van der Waals surface area (Å²) in [6, 6.07) is 4.87. The lowest BCUT2D eigenvalue weighted by Crippen LogP contribution is -2.00. The highest BCUT2D eigenvalue weighted by atomic mass is 127. The number of aromatic carboxylic acids is 1. The number of carboxylic acids is 1. The Labute approximate surface area is 96.6 Å². The Morgan fingerprint density at radius 1 is 1.62 bits per heavy atom. The summed E-state index contributed by atoms with van der Waals surface area (Å²) < 4.78 is 1.22. The molecule has 0 heterocycles. The summed E-state index contributed by atoms with van der Waals surface area (Å²) >= 11 is 5.08. The van der Waals surface area contributed by atoms with Crippen LogP contribution in [0.15, 0.2) is 16.6 Å². The van der Waals surface area contributed by atoms with Crippen molar-refractivity contribution in [3.8, 4) is 6.07 Å². The molecule has 0 unspecified atom stereocenters. The summed E-state index contributed by atoms with van der Waals surface area (Å²) in [5.74, 6) is -1.02. The highest BCUT2D eigenvalue weighted by Gasteiger charge is 2.11. The van der Waals surface area contributed by atoms with E-state index in [-0.39, 0.29) is 5.56 Å². The van der Waals surface area contributed by atoms with Crippen molar-refractivity contribution in [2.24, 2.45) is 0 Å². The van der Waals surface area contributed by atoms with Crippen molar-refractivity contribution >= 4 is 44.5 Å². The van der Waals surface area contributed by atoms with Gasteiger partial charge in [-0.2, -0.15) is 5.26 Å². The highest BCUT2D eigenvalue weighted by Crippen LogP contribution is 2.22. The summed E-state index contributed by atoms with van der Waals surface area (Å²) in [6.45, 7) is 0. The van der Waals surface area contributed by atoms with Crippen LogP contribution >= 0.6 is 38.5 Å². The van der Waals surface area contributed by atoms with Crippen LogP contribution in [-0.2, 0) is 0 Å². The van der Waals surface area contributed by atoms with E-state index in [9.17, 15) is 4.79 Å². The largest absolute Gasteiger partial charge is 0.478 e. The normalized spacial score (nSPS) is 9.31. The van der Waals surface area contributed by atoms with Gasteiger partial charge in [-0.15, -0.1) is 0 Å². The summed E-state index contributed by atoms with van der Waals surface area (Å²) in [7, 11) is 0. The van der Waals surface area contributed by atoms with Gasteiger partial charge in [0.1, 0.15) is 6.07 Å². The molecule has 1 rings (SSSR count). The molecule has 0 bridgehead atoms. The van der Waals surface area contributed by atoms with Crippen LogP contribution in [0.3, 0.4) is 0 Å². The third-order valence-corrected chi connectivity index (χ3v) is 2.96. The zero-order valence-corrected chi connectivity index (χ0v) is 9.96. The highest BCUT2D eigenvalue weighted by molar-refractivity contribution is 14.1. The molecule has 0 aliphatic heterocycles. The molecule has 5 heteroatoms. The van der Waals surface area contributed by atoms with Crippen molar-refractivity contribution in [2.75, 3.05) is 0 Å². The van der Waals surface area contributed by atoms with Crippen LogP contribution in [0.4, 0.5) is 0 Å². The van der Waals surface area contributed by atoms with Crippen molar-refractivity contribution in [3.63, 3.8) is 0 Å². The van der Waals surface area contributed by atoms with Gasteiger partial charge in [-0.25, -0.2) is 4.79 Å². The molecular weight excluding hydrogens is 349 g/mol. The fourth-order valence-corrected chi connectivity index (χ4v) is 2.36. The number of nitriles is 1. The summed E-state index contributed by atoms with van der Waals surface area (Å²) in [5.41, 5.74) is 0.484. The standard InChI is InChI=1S/C8H3BrINO2/c9-6-2-7(10)5(8(12)13)1-4(6)3-11/h1-2H,(H,12,13). The van der Waals surface area contributed by atoms with Gasteiger partial charge in [0, 0.05) is 8.04 Å². The van der Waals surface area contributed by atoms with Gasteiger partial charge < -0.3 is 5.11 Å². The van der Waals surface area contributed by atoms with Gasteiger partial charge in [0.2, 0.25) is 0 Å². The number of nitrogens with zero attached hydrogens (tertiary/aromatic N) is 1. The lowest BCUT2D eigenvalue weighted by molar-refractivity contribution is 0.0695. The molecule has 66 valence electrons. The molecule has 1 aromatic rings. The number of benzene rings is 1. The Morgan fingerprint density at radius 2 is 2.23 bits per heavy atom. The molecular formula is C8H3BrINO2. The number of rotatable bonds is 1. The monoisotopic (exact) mass is 351 g/mol. The minimum Gasteiger partial charge on any atom is -0.478 e. The first kappa shape index (κ1) is 10.5. The molecule has 1 aromatic carbocycles. The first-order valence-corrected chi connectivity index (χ1v) is 5.06. The van der Waals surface area contributed by atoms with Crippen LogP contribution in [0.1, 0.15) is 15.9 Å². The maximum Gasteiger partial charge on any atom is 0.336 e. The van der Waals surface area contributed by atoms with E-state index >= 15 is 0 Å². The van der Waals surface area contributed by atoms with Crippen LogP contribution in [0, 0.1) is 14.9 Å². The van der Waals surface area contributed by atoms with Crippen LogP contribution in [0.25, 0.3) is 0 Å². The van der Waals surface area contributed by atoms with Gasteiger partial charge in [-0.3, -0.25) is 0 Å². The lowest BCUT2D eigenvalue weighted by atomic mass is 10.1. The van der Waals surface area contributed by atoms with Crippen molar-refractivity contribution in [1.82, 2.24) is 0 Å². The Hall–Kier alpha value is -0.610. The molecule has 13 heavy (non-hydrogen) atoms. The quantitative estimate of drug-likeness (QED) is 0.791. The smallest absolute Gasteiger partial charge is 0.336 e. The van der Waals surface area contributed by atoms with Crippen LogP contribution < -0.4 is 0 Å². The zero-order valence-electron chi connectivity index (χ0n) is 6.21. The minimum atomic E-state index is -1.02. The molecule has 0 radical (unpaired) electrons. The topological polar surface area (TPSA) is 61.1 Å².